The summed E-state index contributed by atoms with van der Waals surface area (Å²) >= 11 is 0. The molecule has 1 heterocycles. The molecular weight excluding hydrogens is 418 g/mol. The number of carboxylic acids is 1. The molecule has 0 aliphatic carbocycles. The Hall–Kier alpha value is -3.44. The van der Waals surface area contributed by atoms with Crippen LogP contribution in [0.2, 0.25) is 0 Å². The van der Waals surface area contributed by atoms with Crippen LogP contribution in [0.15, 0.2) is 30.5 Å². The number of hydrogen-bond acceptors (Lipinski definition) is 6. The average molecular weight is 447 g/mol. The molecule has 3 amide bonds. The van der Waals surface area contributed by atoms with Crippen LogP contribution in [0.5, 0.6) is 0 Å². The van der Waals surface area contributed by atoms with Crippen LogP contribution >= 0.6 is 0 Å². The van der Waals surface area contributed by atoms with Crippen molar-refractivity contribution < 1.29 is 29.4 Å². The largest absolute Gasteiger partial charge is 0.480 e. The van der Waals surface area contributed by atoms with Crippen molar-refractivity contribution in [2.75, 3.05) is 13.2 Å². The Morgan fingerprint density at radius 3 is 2.31 bits per heavy atom. The normalized spacial score (nSPS) is 13.9. The number of carboxylic acid groups (broad SMARTS) is 1. The molecule has 32 heavy (non-hydrogen) atoms. The van der Waals surface area contributed by atoms with E-state index in [4.69, 9.17) is 15.9 Å². The quantitative estimate of drug-likeness (QED) is 0.227. The van der Waals surface area contributed by atoms with Gasteiger partial charge in [-0.05, 0) is 17.5 Å². The Morgan fingerprint density at radius 1 is 1.03 bits per heavy atom. The second-order valence-corrected chi connectivity index (χ2v) is 7.70. The molecule has 8 N–H and O–H groups in total. The molecule has 3 atom stereocenters. The van der Waals surface area contributed by atoms with Crippen molar-refractivity contribution in [1.82, 2.24) is 20.9 Å². The minimum absolute atomic E-state index is 0.141. The molecule has 0 fully saturated rings. The molecule has 1 aromatic heterocycles. The van der Waals surface area contributed by atoms with Gasteiger partial charge in [-0.3, -0.25) is 14.4 Å². The molecule has 0 aliphatic heterocycles. The number of fused-ring (bicyclic) bond motifs is 1. The second-order valence-electron chi connectivity index (χ2n) is 7.70. The number of aromatic nitrogens is 1. The lowest BCUT2D eigenvalue weighted by molar-refractivity contribution is -0.143. The van der Waals surface area contributed by atoms with Crippen LogP contribution in [0.25, 0.3) is 10.9 Å². The SMILES string of the molecule is CC(C)C(NC(=O)C(Cc1c[nH]c2ccccc12)NC(=O)CN)C(=O)NC(CO)C(=O)O. The smallest absolute Gasteiger partial charge is 0.328 e. The summed E-state index contributed by atoms with van der Waals surface area (Å²) in [6.45, 7) is 2.23. The zero-order valence-electron chi connectivity index (χ0n) is 17.9. The van der Waals surface area contributed by atoms with E-state index in [1.807, 2.05) is 24.3 Å². The first kappa shape index (κ1) is 24.8. The van der Waals surface area contributed by atoms with E-state index in [1.165, 1.54) is 0 Å². The maximum Gasteiger partial charge on any atom is 0.328 e. The van der Waals surface area contributed by atoms with Gasteiger partial charge in [0.15, 0.2) is 0 Å². The number of benzene rings is 1. The number of rotatable bonds is 11. The maximum absolute atomic E-state index is 13.0. The highest BCUT2D eigenvalue weighted by Gasteiger charge is 2.31. The highest BCUT2D eigenvalue weighted by molar-refractivity contribution is 5.94. The lowest BCUT2D eigenvalue weighted by Gasteiger charge is -2.26. The highest BCUT2D eigenvalue weighted by Crippen LogP contribution is 2.19. The number of carbonyl (C=O) groups excluding carboxylic acids is 3. The molecule has 11 heteroatoms. The van der Waals surface area contributed by atoms with Crippen molar-refractivity contribution in [1.29, 1.82) is 0 Å². The van der Waals surface area contributed by atoms with Gasteiger partial charge < -0.3 is 36.9 Å². The van der Waals surface area contributed by atoms with E-state index in [0.717, 1.165) is 16.5 Å². The van der Waals surface area contributed by atoms with Gasteiger partial charge in [-0.1, -0.05) is 32.0 Å². The van der Waals surface area contributed by atoms with Gasteiger partial charge in [0, 0.05) is 23.5 Å². The molecule has 2 rings (SSSR count). The fraction of sp³-hybridized carbons (Fsp3) is 0.429. The summed E-state index contributed by atoms with van der Waals surface area (Å²) in [7, 11) is 0. The third-order valence-corrected chi connectivity index (χ3v) is 4.98. The lowest BCUT2D eigenvalue weighted by Crippen LogP contribution is -2.58. The van der Waals surface area contributed by atoms with Crippen LogP contribution in [-0.4, -0.2) is 70.2 Å². The molecule has 0 saturated carbocycles. The summed E-state index contributed by atoms with van der Waals surface area (Å²) in [5, 5.41) is 26.4. The van der Waals surface area contributed by atoms with Crippen molar-refractivity contribution in [2.24, 2.45) is 11.7 Å². The Kier molecular flexibility index (Phi) is 8.73. The van der Waals surface area contributed by atoms with Gasteiger partial charge in [-0.25, -0.2) is 4.79 Å². The molecule has 0 radical (unpaired) electrons. The summed E-state index contributed by atoms with van der Waals surface area (Å²) in [5.41, 5.74) is 7.04. The van der Waals surface area contributed by atoms with Crippen LogP contribution in [0.1, 0.15) is 19.4 Å². The summed E-state index contributed by atoms with van der Waals surface area (Å²) in [6, 6.07) is 3.87. The summed E-state index contributed by atoms with van der Waals surface area (Å²) < 4.78 is 0. The molecule has 0 bridgehead atoms. The average Bonchev–Trinajstić information content (AvgIpc) is 3.17. The van der Waals surface area contributed by atoms with Gasteiger partial charge in [-0.15, -0.1) is 0 Å². The molecule has 0 saturated heterocycles. The molecule has 11 nitrogen and oxygen atoms in total. The number of H-pyrrole nitrogens is 1. The number of hydrogen-bond donors (Lipinski definition) is 7. The Labute approximate surface area is 184 Å². The number of carbonyl (C=O) groups is 4. The Morgan fingerprint density at radius 2 is 1.72 bits per heavy atom. The van der Waals surface area contributed by atoms with Gasteiger partial charge in [0.1, 0.15) is 18.1 Å². The van der Waals surface area contributed by atoms with E-state index in [-0.39, 0.29) is 13.0 Å². The van der Waals surface area contributed by atoms with Gasteiger partial charge in [-0.2, -0.15) is 0 Å². The number of nitrogens with one attached hydrogen (secondary N) is 4. The highest BCUT2D eigenvalue weighted by atomic mass is 16.4. The first-order valence-corrected chi connectivity index (χ1v) is 10.2. The van der Waals surface area contributed by atoms with Crippen LogP contribution in [0.3, 0.4) is 0 Å². The molecule has 3 unspecified atom stereocenters. The first-order chi connectivity index (χ1) is 15.2. The van der Waals surface area contributed by atoms with Crippen LogP contribution in [0.4, 0.5) is 0 Å². The van der Waals surface area contributed by atoms with Gasteiger partial charge in [0.2, 0.25) is 17.7 Å². The van der Waals surface area contributed by atoms with E-state index >= 15 is 0 Å². The van der Waals surface area contributed by atoms with Crippen molar-refractivity contribution >= 4 is 34.6 Å². The maximum atomic E-state index is 13.0. The monoisotopic (exact) mass is 447 g/mol. The van der Waals surface area contributed by atoms with Crippen molar-refractivity contribution in [2.45, 2.75) is 38.4 Å². The van der Waals surface area contributed by atoms with Crippen molar-refractivity contribution in [3.05, 3.63) is 36.0 Å². The predicted molar refractivity (Wildman–Crippen MR) is 116 cm³/mol. The topological polar surface area (TPSA) is 187 Å². The van der Waals surface area contributed by atoms with Crippen molar-refractivity contribution in [3.8, 4) is 0 Å². The van der Waals surface area contributed by atoms with E-state index < -0.39 is 54.3 Å². The van der Waals surface area contributed by atoms with E-state index in [1.54, 1.807) is 20.0 Å². The summed E-state index contributed by atoms with van der Waals surface area (Å²) in [6.07, 6.45) is 1.88. The lowest BCUT2D eigenvalue weighted by atomic mass is 10.0. The first-order valence-electron chi connectivity index (χ1n) is 10.2. The zero-order valence-corrected chi connectivity index (χ0v) is 17.9. The number of amides is 3. The third-order valence-electron chi connectivity index (χ3n) is 4.98. The van der Waals surface area contributed by atoms with Crippen LogP contribution in [0, 0.1) is 5.92 Å². The van der Waals surface area contributed by atoms with E-state index in [9.17, 15) is 19.2 Å². The number of aliphatic carboxylic acids is 1. The molecule has 2 aromatic rings. The van der Waals surface area contributed by atoms with Crippen LogP contribution < -0.4 is 21.7 Å². The number of aliphatic hydroxyl groups excluding tert-OH is 1. The standard InChI is InChI=1S/C21H29N5O6/c1-11(2)18(20(30)25-16(10-27)21(31)32)26-19(29)15(24-17(28)8-22)7-12-9-23-14-6-4-3-5-13(12)14/h3-6,9,11,15-16,18,23,27H,7-8,10,22H2,1-2H3,(H,24,28)(H,25,30)(H,26,29)(H,31,32). The number of nitrogens with two attached hydrogens (primary N) is 1. The fourth-order valence-corrected chi connectivity index (χ4v) is 3.22. The predicted octanol–water partition coefficient (Wildman–Crippen LogP) is -1.14. The molecule has 1 aromatic carbocycles. The summed E-state index contributed by atoms with van der Waals surface area (Å²) in [5.74, 6) is -3.72. The Balaban J connectivity index is 2.22. The van der Waals surface area contributed by atoms with Crippen molar-refractivity contribution in [3.63, 3.8) is 0 Å². The zero-order chi connectivity index (χ0) is 23.8. The molecular formula is C21H29N5O6. The molecule has 174 valence electrons. The van der Waals surface area contributed by atoms with Gasteiger partial charge >= 0.3 is 5.97 Å². The minimum Gasteiger partial charge on any atom is -0.480 e. The number of aromatic amines is 1. The number of para-hydroxylation sites is 1. The van der Waals surface area contributed by atoms with E-state index in [2.05, 4.69) is 20.9 Å². The van der Waals surface area contributed by atoms with Gasteiger partial charge in [0.05, 0.1) is 13.2 Å². The fourth-order valence-electron chi connectivity index (χ4n) is 3.22. The molecule has 0 spiro atoms. The Bertz CT molecular complexity index is 972. The second kappa shape index (κ2) is 11.3. The van der Waals surface area contributed by atoms with E-state index in [0.29, 0.717) is 0 Å². The summed E-state index contributed by atoms with van der Waals surface area (Å²) in [4.78, 5) is 51.8. The number of aliphatic hydroxyl groups is 1. The minimum atomic E-state index is -1.50. The van der Waals surface area contributed by atoms with Crippen LogP contribution in [-0.2, 0) is 25.6 Å². The molecule has 0 aliphatic rings. The third kappa shape index (κ3) is 6.28. The van der Waals surface area contributed by atoms with Gasteiger partial charge in [0.25, 0.3) is 0 Å².